The second kappa shape index (κ2) is 5.43. The monoisotopic (exact) mass is 340 g/mol. The number of hydrogen-bond acceptors (Lipinski definition) is 3. The molecule has 3 heteroatoms. The molecule has 3 nitrogen and oxygen atoms in total. The molecule has 4 aliphatic rings. The zero-order valence-electron chi connectivity index (χ0n) is 15.7. The van der Waals surface area contributed by atoms with Crippen LogP contribution in [0.1, 0.15) is 53.4 Å². The largest absolute Gasteiger partial charge is 0.422 e. The van der Waals surface area contributed by atoms with Crippen LogP contribution in [-0.4, -0.2) is 11.8 Å². The maximum absolute atomic E-state index is 12.3. The van der Waals surface area contributed by atoms with E-state index >= 15 is 0 Å². The third kappa shape index (κ3) is 2.24. The summed E-state index contributed by atoms with van der Waals surface area (Å²) >= 11 is 0. The number of esters is 1. The Morgan fingerprint density at radius 2 is 1.92 bits per heavy atom. The lowest BCUT2D eigenvalue weighted by molar-refractivity contribution is -0.140. The number of rotatable bonds is 1. The first-order valence-electron chi connectivity index (χ1n) is 9.62. The Morgan fingerprint density at radius 1 is 1.16 bits per heavy atom. The zero-order chi connectivity index (χ0) is 18.0. The van der Waals surface area contributed by atoms with Gasteiger partial charge in [-0.25, -0.2) is 0 Å². The first kappa shape index (κ1) is 16.8. The summed E-state index contributed by atoms with van der Waals surface area (Å²) in [7, 11) is 0. The average Bonchev–Trinajstić information content (AvgIpc) is 2.86. The van der Waals surface area contributed by atoms with Gasteiger partial charge in [-0.1, -0.05) is 39.0 Å². The Kier molecular flexibility index (Phi) is 3.65. The molecule has 0 unspecified atom stereocenters. The average molecular weight is 340 g/mol. The van der Waals surface area contributed by atoms with Crippen molar-refractivity contribution in [3.05, 3.63) is 35.6 Å². The first-order valence-corrected chi connectivity index (χ1v) is 9.62. The molecule has 0 N–H and O–H groups in total. The normalized spacial score (nSPS) is 45.0. The molecule has 0 heterocycles. The van der Waals surface area contributed by atoms with Crippen LogP contribution in [0.3, 0.4) is 0 Å². The van der Waals surface area contributed by atoms with Crippen LogP contribution in [0.25, 0.3) is 0 Å². The zero-order valence-corrected chi connectivity index (χ0v) is 15.7. The summed E-state index contributed by atoms with van der Waals surface area (Å²) in [6.45, 7) is 8.48. The Balaban J connectivity index is 1.79. The van der Waals surface area contributed by atoms with E-state index in [1.165, 1.54) is 26.2 Å². The quantitative estimate of drug-likeness (QED) is 0.655. The minimum Gasteiger partial charge on any atom is -0.422 e. The fraction of sp³-hybridized carbons (Fsp3) is 0.636. The van der Waals surface area contributed by atoms with Gasteiger partial charge in [-0.2, -0.15) is 0 Å². The van der Waals surface area contributed by atoms with Gasteiger partial charge in [0, 0.05) is 17.9 Å². The lowest BCUT2D eigenvalue weighted by atomic mass is 9.49. The van der Waals surface area contributed by atoms with Crippen molar-refractivity contribution in [2.75, 3.05) is 0 Å². The van der Waals surface area contributed by atoms with Crippen molar-refractivity contribution in [2.24, 2.45) is 34.5 Å². The smallest absolute Gasteiger partial charge is 0.308 e. The minimum absolute atomic E-state index is 0.194. The highest BCUT2D eigenvalue weighted by Gasteiger charge is 2.57. The molecule has 4 rings (SSSR count). The number of carbonyl (C=O) groups excluding carboxylic acids is 2. The van der Waals surface area contributed by atoms with E-state index in [0.717, 1.165) is 23.8 Å². The Bertz CT molecular complexity index is 728. The van der Waals surface area contributed by atoms with Crippen LogP contribution in [0.15, 0.2) is 35.6 Å². The molecule has 0 aromatic rings. The predicted molar refractivity (Wildman–Crippen MR) is 96.4 cm³/mol. The molecule has 0 aromatic heterocycles. The number of ketones is 1. The molecule has 2 saturated carbocycles. The minimum atomic E-state index is -0.426. The van der Waals surface area contributed by atoms with E-state index in [0.29, 0.717) is 17.3 Å². The van der Waals surface area contributed by atoms with Crippen molar-refractivity contribution in [3.8, 4) is 0 Å². The Labute approximate surface area is 150 Å². The maximum Gasteiger partial charge on any atom is 0.308 e. The van der Waals surface area contributed by atoms with Crippen LogP contribution < -0.4 is 0 Å². The summed E-state index contributed by atoms with van der Waals surface area (Å²) in [5, 5.41) is 0. The molecule has 25 heavy (non-hydrogen) atoms. The van der Waals surface area contributed by atoms with Gasteiger partial charge in [0.1, 0.15) is 0 Å². The maximum atomic E-state index is 12.3. The fourth-order valence-corrected chi connectivity index (χ4v) is 6.25. The van der Waals surface area contributed by atoms with E-state index in [4.69, 9.17) is 4.74 Å². The van der Waals surface area contributed by atoms with Crippen LogP contribution in [-0.2, 0) is 14.3 Å². The van der Waals surface area contributed by atoms with Crippen LogP contribution >= 0.6 is 0 Å². The molecule has 0 bridgehead atoms. The van der Waals surface area contributed by atoms with Gasteiger partial charge in [0.2, 0.25) is 5.78 Å². The molecular formula is C22H28O3. The second-order valence-corrected chi connectivity index (χ2v) is 8.99. The molecule has 2 fully saturated rings. The SMILES string of the molecule is CC(=O)OC1=C2C=C[C@H]3[C@@H]4CC[C@@H](C)[C@@]4(C)CC[C@@H]3[C@@]2(C)C=CC1=O. The molecule has 0 aromatic carbocycles. The van der Waals surface area contributed by atoms with E-state index in [1.54, 1.807) is 6.08 Å². The number of carbonyl (C=O) groups is 2. The van der Waals surface area contributed by atoms with Crippen molar-refractivity contribution >= 4 is 11.8 Å². The van der Waals surface area contributed by atoms with Gasteiger partial charge in [0.15, 0.2) is 5.76 Å². The Hall–Kier alpha value is -1.64. The van der Waals surface area contributed by atoms with Crippen molar-refractivity contribution < 1.29 is 14.3 Å². The van der Waals surface area contributed by atoms with E-state index in [-0.39, 0.29) is 17.0 Å². The summed E-state index contributed by atoms with van der Waals surface area (Å²) in [5.41, 5.74) is 1.12. The standard InChI is InChI=1S/C22H28O3/c1-13-5-7-16-15-6-8-18-20(25-14(2)23)19(24)10-12-22(18,4)17(15)9-11-21(13,16)3/h6,8,10,12-13,15-17H,5,7,9,11H2,1-4H3/t13-,15+,16+,17+,21-,22-/m1/s1. The van der Waals surface area contributed by atoms with Crippen LogP contribution in [0.2, 0.25) is 0 Å². The van der Waals surface area contributed by atoms with E-state index in [1.807, 2.05) is 0 Å². The highest BCUT2D eigenvalue weighted by atomic mass is 16.5. The van der Waals surface area contributed by atoms with Crippen molar-refractivity contribution in [3.63, 3.8) is 0 Å². The van der Waals surface area contributed by atoms with Gasteiger partial charge in [-0.05, 0) is 60.8 Å². The van der Waals surface area contributed by atoms with E-state index in [9.17, 15) is 9.59 Å². The summed E-state index contributed by atoms with van der Waals surface area (Å²) in [4.78, 5) is 23.8. The number of allylic oxidation sites excluding steroid dienone is 5. The van der Waals surface area contributed by atoms with Crippen molar-refractivity contribution in [2.45, 2.75) is 53.4 Å². The second-order valence-electron chi connectivity index (χ2n) is 8.99. The van der Waals surface area contributed by atoms with Crippen molar-refractivity contribution in [1.82, 2.24) is 0 Å². The molecular weight excluding hydrogens is 312 g/mol. The van der Waals surface area contributed by atoms with Gasteiger partial charge in [-0.15, -0.1) is 0 Å². The molecule has 4 aliphatic carbocycles. The predicted octanol–water partition coefficient (Wildman–Crippen LogP) is 4.60. The van der Waals surface area contributed by atoms with Gasteiger partial charge in [-0.3, -0.25) is 9.59 Å². The summed E-state index contributed by atoms with van der Waals surface area (Å²) < 4.78 is 5.33. The van der Waals surface area contributed by atoms with Crippen molar-refractivity contribution in [1.29, 1.82) is 0 Å². The molecule has 0 saturated heterocycles. The molecule has 0 amide bonds. The van der Waals surface area contributed by atoms with Crippen LogP contribution in [0.5, 0.6) is 0 Å². The van der Waals surface area contributed by atoms with Crippen LogP contribution in [0, 0.1) is 34.5 Å². The lowest BCUT2D eigenvalue weighted by Crippen LogP contribution is -2.48. The van der Waals surface area contributed by atoms with E-state index < -0.39 is 5.97 Å². The third-order valence-corrected chi connectivity index (χ3v) is 7.94. The van der Waals surface area contributed by atoms with Crippen LogP contribution in [0.4, 0.5) is 0 Å². The van der Waals surface area contributed by atoms with Gasteiger partial charge >= 0.3 is 5.97 Å². The highest BCUT2D eigenvalue weighted by Crippen LogP contribution is 2.64. The summed E-state index contributed by atoms with van der Waals surface area (Å²) in [6.07, 6.45) is 13.1. The fourth-order valence-electron chi connectivity index (χ4n) is 6.25. The summed E-state index contributed by atoms with van der Waals surface area (Å²) in [5.74, 6) is 2.15. The Morgan fingerprint density at radius 3 is 2.64 bits per heavy atom. The molecule has 0 radical (unpaired) electrons. The van der Waals surface area contributed by atoms with E-state index in [2.05, 4.69) is 39.0 Å². The topological polar surface area (TPSA) is 43.4 Å². The number of fused-ring (bicyclic) bond motifs is 5. The van der Waals surface area contributed by atoms with Gasteiger partial charge in [0.05, 0.1) is 0 Å². The molecule has 6 atom stereocenters. The first-order chi connectivity index (χ1) is 11.8. The van der Waals surface area contributed by atoms with Gasteiger partial charge < -0.3 is 4.74 Å². The lowest BCUT2D eigenvalue weighted by Gasteiger charge is -2.54. The molecule has 0 aliphatic heterocycles. The highest BCUT2D eigenvalue weighted by molar-refractivity contribution is 6.06. The number of ether oxygens (including phenoxy) is 1. The summed E-state index contributed by atoms with van der Waals surface area (Å²) in [6, 6.07) is 0. The van der Waals surface area contributed by atoms with Gasteiger partial charge in [0.25, 0.3) is 0 Å². The molecule has 134 valence electrons. The third-order valence-electron chi connectivity index (χ3n) is 7.94. The molecule has 0 spiro atoms. The number of hydrogen-bond donors (Lipinski definition) is 0.